The van der Waals surface area contributed by atoms with E-state index in [1.165, 1.54) is 16.7 Å². The van der Waals surface area contributed by atoms with Gasteiger partial charge in [-0.25, -0.2) is 4.98 Å². The van der Waals surface area contributed by atoms with Crippen LogP contribution >= 0.6 is 0 Å². The molecule has 1 fully saturated rings. The number of nitrogens with zero attached hydrogens (tertiary/aromatic N) is 3. The lowest BCUT2D eigenvalue weighted by Crippen LogP contribution is -2.36. The normalized spacial score (nSPS) is 19.0. The first-order valence-corrected chi connectivity index (χ1v) is 15.8. The van der Waals surface area contributed by atoms with Crippen LogP contribution in [0.1, 0.15) is 78.8 Å². The van der Waals surface area contributed by atoms with Crippen LogP contribution in [0.25, 0.3) is 10.9 Å². The molecule has 7 nitrogen and oxygen atoms in total. The zero-order valence-corrected chi connectivity index (χ0v) is 24.9. The molecule has 2 aromatic carbocycles. The summed E-state index contributed by atoms with van der Waals surface area (Å²) in [6.07, 6.45) is 12.1. The third-order valence-corrected chi connectivity index (χ3v) is 8.82. The summed E-state index contributed by atoms with van der Waals surface area (Å²) in [6.45, 7) is 2.42. The van der Waals surface area contributed by atoms with Gasteiger partial charge in [0.05, 0.1) is 11.6 Å². The van der Waals surface area contributed by atoms with Gasteiger partial charge in [0.15, 0.2) is 0 Å². The van der Waals surface area contributed by atoms with E-state index >= 15 is 0 Å². The molecule has 43 heavy (non-hydrogen) atoms. The van der Waals surface area contributed by atoms with Crippen molar-refractivity contribution in [2.75, 3.05) is 18.4 Å². The Balaban J connectivity index is 1.30. The minimum Gasteiger partial charge on any atom is -0.331 e. The smallest absolute Gasteiger partial charge is 0.225 e. The monoisotopic (exact) mass is 575 g/mol. The predicted molar refractivity (Wildman–Crippen MR) is 171 cm³/mol. The summed E-state index contributed by atoms with van der Waals surface area (Å²) in [4.78, 5) is 37.9. The zero-order chi connectivity index (χ0) is 29.4. The maximum absolute atomic E-state index is 13.8. The number of aromatic nitrogens is 2. The van der Waals surface area contributed by atoms with Gasteiger partial charge in [-0.3, -0.25) is 14.6 Å². The summed E-state index contributed by atoms with van der Waals surface area (Å²) in [5, 5.41) is 7.65. The molecule has 0 saturated carbocycles. The number of carbonyl (C=O) groups excluding carboxylic acids is 2. The second kappa shape index (κ2) is 13.9. The molecule has 0 spiro atoms. The number of nitrogens with one attached hydrogen (secondary N) is 2. The summed E-state index contributed by atoms with van der Waals surface area (Å²) < 4.78 is 0. The first-order chi connectivity index (χ1) is 21.1. The Kier molecular flexibility index (Phi) is 9.38. The third kappa shape index (κ3) is 7.28. The number of anilines is 1. The highest BCUT2D eigenvalue weighted by molar-refractivity contribution is 5.91. The van der Waals surface area contributed by atoms with Crippen molar-refractivity contribution in [2.45, 2.75) is 76.8 Å². The van der Waals surface area contributed by atoms with Crippen LogP contribution in [0.2, 0.25) is 0 Å². The van der Waals surface area contributed by atoms with Gasteiger partial charge in [-0.1, -0.05) is 49.2 Å². The van der Waals surface area contributed by atoms with Crippen molar-refractivity contribution in [3.63, 3.8) is 0 Å². The molecule has 2 N–H and O–H groups in total. The van der Waals surface area contributed by atoms with Gasteiger partial charge in [0, 0.05) is 37.2 Å². The van der Waals surface area contributed by atoms with Crippen molar-refractivity contribution in [1.82, 2.24) is 20.2 Å². The second-order valence-corrected chi connectivity index (χ2v) is 11.9. The molecular weight excluding hydrogens is 534 g/mol. The Bertz CT molecular complexity index is 1570. The van der Waals surface area contributed by atoms with Crippen LogP contribution in [0, 0.1) is 0 Å². The Morgan fingerprint density at radius 3 is 2.49 bits per heavy atom. The van der Waals surface area contributed by atoms with Crippen molar-refractivity contribution < 1.29 is 9.59 Å². The van der Waals surface area contributed by atoms with Crippen molar-refractivity contribution in [1.29, 1.82) is 0 Å². The van der Waals surface area contributed by atoms with E-state index in [9.17, 15) is 9.59 Å². The van der Waals surface area contributed by atoms with E-state index in [1.807, 2.05) is 24.4 Å². The molecule has 4 aromatic rings. The molecule has 2 amide bonds. The summed E-state index contributed by atoms with van der Waals surface area (Å²) >= 11 is 0. The molecule has 222 valence electrons. The highest BCUT2D eigenvalue weighted by atomic mass is 16.2. The lowest BCUT2D eigenvalue weighted by Gasteiger charge is -2.33. The molecule has 0 radical (unpaired) electrons. The van der Waals surface area contributed by atoms with Crippen molar-refractivity contribution in [3.05, 3.63) is 101 Å². The van der Waals surface area contributed by atoms with E-state index in [2.05, 4.69) is 63.0 Å². The van der Waals surface area contributed by atoms with E-state index in [0.717, 1.165) is 80.1 Å². The van der Waals surface area contributed by atoms with E-state index in [-0.39, 0.29) is 17.9 Å². The van der Waals surface area contributed by atoms with Crippen LogP contribution in [-0.4, -0.2) is 39.8 Å². The number of aryl methyl sites for hydroxylation is 3. The van der Waals surface area contributed by atoms with Gasteiger partial charge in [-0.05, 0) is 104 Å². The van der Waals surface area contributed by atoms with Crippen molar-refractivity contribution in [2.24, 2.45) is 0 Å². The maximum Gasteiger partial charge on any atom is 0.225 e. The topological polar surface area (TPSA) is 87.2 Å². The molecule has 6 rings (SSSR count). The van der Waals surface area contributed by atoms with Crippen LogP contribution in [0.4, 0.5) is 5.82 Å². The molecule has 2 aliphatic heterocycles. The Labute approximate surface area is 254 Å². The van der Waals surface area contributed by atoms with Crippen molar-refractivity contribution >= 4 is 28.5 Å². The predicted octanol–water partition coefficient (Wildman–Crippen LogP) is 6.31. The number of fused-ring (bicyclic) bond motifs is 3. The Morgan fingerprint density at radius 2 is 1.58 bits per heavy atom. The molecule has 7 heteroatoms. The van der Waals surface area contributed by atoms with Gasteiger partial charge in [-0.2, -0.15) is 0 Å². The van der Waals surface area contributed by atoms with Gasteiger partial charge in [-0.15, -0.1) is 0 Å². The van der Waals surface area contributed by atoms with Gasteiger partial charge >= 0.3 is 0 Å². The minimum absolute atomic E-state index is 0.00400. The fourth-order valence-corrected chi connectivity index (χ4v) is 6.46. The SMILES string of the molecule is O=C1CCc2cc3cc(CN4C(=O)CCCCCCNCC[C@H]4c4ccccc4)cnc3cc2CCc2cccnc2N1. The van der Waals surface area contributed by atoms with Crippen LogP contribution in [0.3, 0.4) is 0 Å². The number of carbonyl (C=O) groups is 2. The van der Waals surface area contributed by atoms with Crippen LogP contribution in [0.5, 0.6) is 0 Å². The quantitative estimate of drug-likeness (QED) is 0.299. The number of hydrogen-bond acceptors (Lipinski definition) is 5. The summed E-state index contributed by atoms with van der Waals surface area (Å²) in [5.74, 6) is 0.858. The number of hydrogen-bond donors (Lipinski definition) is 2. The zero-order valence-electron chi connectivity index (χ0n) is 24.9. The highest BCUT2D eigenvalue weighted by Gasteiger charge is 2.25. The molecule has 0 unspecified atom stereocenters. The van der Waals surface area contributed by atoms with Gasteiger partial charge in [0.1, 0.15) is 5.82 Å². The number of pyridine rings is 2. The number of amides is 2. The molecule has 1 atom stereocenters. The van der Waals surface area contributed by atoms with E-state index in [0.29, 0.717) is 31.6 Å². The average Bonchev–Trinajstić information content (AvgIpc) is 3.03. The fourth-order valence-electron chi connectivity index (χ4n) is 6.46. The third-order valence-electron chi connectivity index (χ3n) is 8.82. The summed E-state index contributed by atoms with van der Waals surface area (Å²) in [7, 11) is 0. The van der Waals surface area contributed by atoms with Crippen LogP contribution in [0.15, 0.2) is 73.1 Å². The molecular formula is C36H41N5O2. The molecule has 2 aliphatic rings. The second-order valence-electron chi connectivity index (χ2n) is 11.9. The first-order valence-electron chi connectivity index (χ1n) is 15.8. The first kappa shape index (κ1) is 29.0. The Morgan fingerprint density at radius 1 is 0.767 bits per heavy atom. The molecule has 4 heterocycles. The lowest BCUT2D eigenvalue weighted by molar-refractivity contribution is -0.134. The van der Waals surface area contributed by atoms with Gasteiger partial charge < -0.3 is 15.5 Å². The summed E-state index contributed by atoms with van der Waals surface area (Å²) in [5.41, 5.74) is 6.60. The maximum atomic E-state index is 13.8. The standard InChI is InChI=1S/C36H41N5O2/c42-34-16-15-29-22-31-21-26(24-39-32(31)23-30(29)14-13-28-11-8-19-38-36(28)40-34)25-41-33(27-9-4-3-5-10-27)17-20-37-18-7-2-1-6-12-35(41)43/h3-5,8-11,19,21-24,33,37H,1-2,6-7,12-18,20,25H2,(H,38,40,42)/t33-/m0/s1. The van der Waals surface area contributed by atoms with E-state index < -0.39 is 0 Å². The van der Waals surface area contributed by atoms with Gasteiger partial charge in [0.25, 0.3) is 0 Å². The number of benzene rings is 2. The lowest BCUT2D eigenvalue weighted by atomic mass is 9.94. The highest BCUT2D eigenvalue weighted by Crippen LogP contribution is 2.30. The van der Waals surface area contributed by atoms with Crippen LogP contribution < -0.4 is 10.6 Å². The minimum atomic E-state index is -0.0185. The Hall–Kier alpha value is -4.10. The van der Waals surface area contributed by atoms with E-state index in [1.54, 1.807) is 6.20 Å². The molecule has 0 bridgehead atoms. The van der Waals surface area contributed by atoms with Gasteiger partial charge in [0.2, 0.25) is 11.8 Å². The molecule has 1 saturated heterocycles. The molecule has 2 aromatic heterocycles. The van der Waals surface area contributed by atoms with E-state index in [4.69, 9.17) is 4.98 Å². The van der Waals surface area contributed by atoms with Crippen LogP contribution in [-0.2, 0) is 35.4 Å². The largest absolute Gasteiger partial charge is 0.331 e. The average molecular weight is 576 g/mol. The fraction of sp³-hybridized carbons (Fsp3) is 0.389. The molecule has 0 aliphatic carbocycles. The summed E-state index contributed by atoms with van der Waals surface area (Å²) in [6, 6.07) is 21.0. The number of rotatable bonds is 3. The van der Waals surface area contributed by atoms with Crippen molar-refractivity contribution in [3.8, 4) is 0 Å².